The minimum absolute atomic E-state index is 0.282. The second-order valence-corrected chi connectivity index (χ2v) is 2.85. The summed E-state index contributed by atoms with van der Waals surface area (Å²) in [7, 11) is 2.07. The zero-order valence-electron chi connectivity index (χ0n) is 5.96. The first-order valence-corrected chi connectivity index (χ1v) is 3.34. The fourth-order valence-corrected chi connectivity index (χ4v) is 1.29. The van der Waals surface area contributed by atoms with Crippen molar-refractivity contribution in [2.24, 2.45) is 5.92 Å². The molecule has 0 aromatic carbocycles. The van der Waals surface area contributed by atoms with Gasteiger partial charge in [0.2, 0.25) is 0 Å². The van der Waals surface area contributed by atoms with Crippen molar-refractivity contribution in [2.75, 3.05) is 6.54 Å². The fourth-order valence-electron chi connectivity index (χ4n) is 1.29. The Balaban J connectivity index is 2.46. The molecule has 1 heterocycles. The van der Waals surface area contributed by atoms with Gasteiger partial charge in [0.1, 0.15) is 0 Å². The number of hydrogen-bond acceptors (Lipinski definition) is 2. The van der Waals surface area contributed by atoms with Crippen LogP contribution in [-0.4, -0.2) is 25.4 Å². The SMILES string of the molecule is BN1CC(C#N)CC1C. The van der Waals surface area contributed by atoms with Gasteiger partial charge in [-0.2, -0.15) is 5.26 Å². The van der Waals surface area contributed by atoms with Crippen LogP contribution in [0.1, 0.15) is 13.3 Å². The van der Waals surface area contributed by atoms with Gasteiger partial charge in [-0.15, -0.1) is 0 Å². The third kappa shape index (κ3) is 1.25. The quantitative estimate of drug-likeness (QED) is 0.415. The topological polar surface area (TPSA) is 27.0 Å². The van der Waals surface area contributed by atoms with E-state index in [1.165, 1.54) is 0 Å². The molecule has 2 nitrogen and oxygen atoms in total. The summed E-state index contributed by atoms with van der Waals surface area (Å²) < 4.78 is 0. The number of rotatable bonds is 0. The van der Waals surface area contributed by atoms with E-state index >= 15 is 0 Å². The van der Waals surface area contributed by atoms with Crippen LogP contribution in [0.5, 0.6) is 0 Å². The van der Waals surface area contributed by atoms with Gasteiger partial charge in [-0.3, -0.25) is 0 Å². The van der Waals surface area contributed by atoms with Gasteiger partial charge in [0, 0.05) is 6.54 Å². The molecule has 1 aliphatic heterocycles. The summed E-state index contributed by atoms with van der Waals surface area (Å²) in [5.41, 5.74) is 0. The van der Waals surface area contributed by atoms with E-state index in [2.05, 4.69) is 25.8 Å². The summed E-state index contributed by atoms with van der Waals surface area (Å²) in [4.78, 5) is 2.23. The van der Waals surface area contributed by atoms with Gasteiger partial charge in [-0.1, -0.05) is 6.92 Å². The normalized spacial score (nSPS) is 36.4. The second kappa shape index (κ2) is 2.41. The van der Waals surface area contributed by atoms with Gasteiger partial charge in [0.25, 0.3) is 0 Å². The highest BCUT2D eigenvalue weighted by molar-refractivity contribution is 6.04. The van der Waals surface area contributed by atoms with Crippen LogP contribution in [-0.2, 0) is 0 Å². The third-order valence-corrected chi connectivity index (χ3v) is 2.07. The zero-order valence-corrected chi connectivity index (χ0v) is 5.96. The summed E-state index contributed by atoms with van der Waals surface area (Å²) in [6, 6.07) is 2.89. The highest BCUT2D eigenvalue weighted by atomic mass is 15.1. The van der Waals surface area contributed by atoms with Crippen molar-refractivity contribution in [2.45, 2.75) is 19.4 Å². The molecule has 1 fully saturated rings. The molecule has 9 heavy (non-hydrogen) atoms. The Morgan fingerprint density at radius 3 is 2.67 bits per heavy atom. The molecule has 0 saturated carbocycles. The van der Waals surface area contributed by atoms with Gasteiger partial charge in [0.15, 0.2) is 7.98 Å². The van der Waals surface area contributed by atoms with E-state index < -0.39 is 0 Å². The molecule has 0 bridgehead atoms. The molecule has 2 unspecified atom stereocenters. The molecule has 0 aromatic heterocycles. The van der Waals surface area contributed by atoms with E-state index in [4.69, 9.17) is 5.26 Å². The summed E-state index contributed by atoms with van der Waals surface area (Å²) >= 11 is 0. The van der Waals surface area contributed by atoms with Crippen molar-refractivity contribution in [3.8, 4) is 6.07 Å². The predicted molar refractivity (Wildman–Crippen MR) is 38.4 cm³/mol. The Morgan fingerprint density at radius 2 is 2.44 bits per heavy atom. The molecule has 0 aromatic rings. The summed E-state index contributed by atoms with van der Waals surface area (Å²) in [6.07, 6.45) is 1.05. The van der Waals surface area contributed by atoms with Crippen LogP contribution in [0, 0.1) is 17.2 Å². The summed E-state index contributed by atoms with van der Waals surface area (Å²) in [5, 5.41) is 8.52. The molecule has 0 amide bonds. The maximum Gasteiger partial charge on any atom is 0.185 e. The number of nitrogens with zero attached hydrogens (tertiary/aromatic N) is 2. The average Bonchev–Trinajstić information content (AvgIpc) is 2.13. The molecule has 1 rings (SSSR count). The van der Waals surface area contributed by atoms with Crippen LogP contribution in [0.2, 0.25) is 0 Å². The highest BCUT2D eigenvalue weighted by Crippen LogP contribution is 2.19. The van der Waals surface area contributed by atoms with Crippen molar-refractivity contribution in [1.82, 2.24) is 4.81 Å². The van der Waals surface area contributed by atoms with Crippen LogP contribution in [0.3, 0.4) is 0 Å². The minimum atomic E-state index is 0.282. The Hall–Kier alpha value is -0.485. The van der Waals surface area contributed by atoms with Gasteiger partial charge < -0.3 is 4.81 Å². The molecule has 48 valence electrons. The molecule has 3 heteroatoms. The van der Waals surface area contributed by atoms with Crippen LogP contribution < -0.4 is 0 Å². The molecule has 0 N–H and O–H groups in total. The number of hydrogen-bond donors (Lipinski definition) is 0. The van der Waals surface area contributed by atoms with E-state index in [-0.39, 0.29) is 5.92 Å². The van der Waals surface area contributed by atoms with Crippen molar-refractivity contribution >= 4 is 7.98 Å². The Labute approximate surface area is 56.9 Å². The van der Waals surface area contributed by atoms with Crippen LogP contribution in [0.15, 0.2) is 0 Å². The van der Waals surface area contributed by atoms with Crippen LogP contribution >= 0.6 is 0 Å². The molecule has 1 aliphatic rings. The smallest absolute Gasteiger partial charge is 0.185 e. The van der Waals surface area contributed by atoms with Crippen molar-refractivity contribution in [3.05, 3.63) is 0 Å². The molecule has 0 radical (unpaired) electrons. The first kappa shape index (κ1) is 6.63. The van der Waals surface area contributed by atoms with E-state index in [1.54, 1.807) is 0 Å². The third-order valence-electron chi connectivity index (χ3n) is 2.07. The van der Waals surface area contributed by atoms with E-state index in [0.717, 1.165) is 13.0 Å². The summed E-state index contributed by atoms with van der Waals surface area (Å²) in [5.74, 6) is 0.282. The first-order valence-electron chi connectivity index (χ1n) is 3.34. The first-order chi connectivity index (χ1) is 4.24. The lowest BCUT2D eigenvalue weighted by Gasteiger charge is -2.12. The molecule has 0 aliphatic carbocycles. The lowest BCUT2D eigenvalue weighted by Crippen LogP contribution is -2.23. The largest absolute Gasteiger partial charge is 0.345 e. The lowest BCUT2D eigenvalue weighted by molar-refractivity contribution is 0.448. The number of nitriles is 1. The minimum Gasteiger partial charge on any atom is -0.345 e. The van der Waals surface area contributed by atoms with Crippen LogP contribution in [0.4, 0.5) is 0 Å². The van der Waals surface area contributed by atoms with Gasteiger partial charge in [-0.05, 0) is 12.5 Å². The van der Waals surface area contributed by atoms with Crippen molar-refractivity contribution in [3.63, 3.8) is 0 Å². The molecular formula is C6H11BN2. The Morgan fingerprint density at radius 1 is 1.78 bits per heavy atom. The monoisotopic (exact) mass is 122 g/mol. The standard InChI is InChI=1S/C6H11BN2/c1-5-2-6(3-8)4-9(5)7/h5-6H,2,4,7H2,1H3. The Kier molecular flexibility index (Phi) is 1.77. The predicted octanol–water partition coefficient (Wildman–Crippen LogP) is -0.232. The second-order valence-electron chi connectivity index (χ2n) is 2.85. The zero-order chi connectivity index (χ0) is 6.85. The van der Waals surface area contributed by atoms with Gasteiger partial charge >= 0.3 is 0 Å². The molecular weight excluding hydrogens is 111 g/mol. The maximum absolute atomic E-state index is 8.52. The van der Waals surface area contributed by atoms with Gasteiger partial charge in [-0.25, -0.2) is 0 Å². The van der Waals surface area contributed by atoms with Crippen LogP contribution in [0.25, 0.3) is 0 Å². The molecule has 1 saturated heterocycles. The average molecular weight is 122 g/mol. The fraction of sp³-hybridized carbons (Fsp3) is 0.833. The van der Waals surface area contributed by atoms with Gasteiger partial charge in [0.05, 0.1) is 12.0 Å². The van der Waals surface area contributed by atoms with Crippen molar-refractivity contribution < 1.29 is 0 Å². The Bertz CT molecular complexity index is 130. The highest BCUT2D eigenvalue weighted by Gasteiger charge is 2.24. The van der Waals surface area contributed by atoms with Crippen molar-refractivity contribution in [1.29, 1.82) is 5.26 Å². The lowest BCUT2D eigenvalue weighted by atomic mass is 10.1. The maximum atomic E-state index is 8.52. The van der Waals surface area contributed by atoms with E-state index in [9.17, 15) is 0 Å². The molecule has 0 spiro atoms. The van der Waals surface area contributed by atoms with E-state index in [0.29, 0.717) is 6.04 Å². The summed E-state index contributed by atoms with van der Waals surface area (Å²) in [6.45, 7) is 3.12. The van der Waals surface area contributed by atoms with E-state index in [1.807, 2.05) is 0 Å². The molecule has 2 atom stereocenters.